The van der Waals surface area contributed by atoms with Crippen LogP contribution in [0.25, 0.3) is 0 Å². The number of halogens is 1. The van der Waals surface area contributed by atoms with E-state index in [1.165, 1.54) is 17.7 Å². The first kappa shape index (κ1) is 14.7. The highest BCUT2D eigenvalue weighted by Gasteiger charge is 2.09. The maximum absolute atomic E-state index is 5.91. The molecule has 1 aromatic carbocycles. The van der Waals surface area contributed by atoms with Gasteiger partial charge in [-0.05, 0) is 50.1 Å². The topological polar surface area (TPSA) is 29.3 Å². The van der Waals surface area contributed by atoms with E-state index in [4.69, 9.17) is 17.3 Å². The molecule has 2 N–H and O–H groups in total. The number of hydrogen-bond acceptors (Lipinski definition) is 3. The van der Waals surface area contributed by atoms with Gasteiger partial charge in [0.2, 0.25) is 0 Å². The lowest BCUT2D eigenvalue weighted by atomic mass is 10.1. The van der Waals surface area contributed by atoms with Crippen LogP contribution in [0.2, 0.25) is 5.02 Å². The van der Waals surface area contributed by atoms with Crippen LogP contribution in [0.1, 0.15) is 18.9 Å². The van der Waals surface area contributed by atoms with Crippen molar-refractivity contribution in [2.45, 2.75) is 25.9 Å². The molecule has 0 aromatic heterocycles. The van der Waals surface area contributed by atoms with Crippen molar-refractivity contribution in [2.75, 3.05) is 24.8 Å². The van der Waals surface area contributed by atoms with Crippen LogP contribution in [0.5, 0.6) is 0 Å². The SMILES string of the molecule is CSCCC(C)N(C)Cc1ccc(Cl)c(N)c1. The van der Waals surface area contributed by atoms with E-state index in [9.17, 15) is 0 Å². The van der Waals surface area contributed by atoms with Crippen LogP contribution in [0, 0.1) is 0 Å². The molecule has 0 bridgehead atoms. The Morgan fingerprint density at radius 3 is 2.76 bits per heavy atom. The average molecular weight is 273 g/mol. The molecule has 17 heavy (non-hydrogen) atoms. The van der Waals surface area contributed by atoms with E-state index in [0.717, 1.165) is 6.54 Å². The number of nitrogen functional groups attached to an aromatic ring is 1. The van der Waals surface area contributed by atoms with Crippen molar-refractivity contribution >= 4 is 29.1 Å². The predicted octanol–water partition coefficient (Wildman–Crippen LogP) is 3.50. The third kappa shape index (κ3) is 4.78. The smallest absolute Gasteiger partial charge is 0.0635 e. The molecule has 0 amide bonds. The molecule has 0 aliphatic heterocycles. The Hall–Kier alpha value is -0.380. The second-order valence-electron chi connectivity index (χ2n) is 4.40. The van der Waals surface area contributed by atoms with Gasteiger partial charge in [-0.25, -0.2) is 0 Å². The molecule has 0 saturated carbocycles. The first-order chi connectivity index (χ1) is 8.04. The van der Waals surface area contributed by atoms with E-state index in [1.807, 2.05) is 30.0 Å². The highest BCUT2D eigenvalue weighted by molar-refractivity contribution is 7.98. The van der Waals surface area contributed by atoms with E-state index in [-0.39, 0.29) is 0 Å². The number of nitrogens with two attached hydrogens (primary N) is 1. The number of nitrogens with zero attached hydrogens (tertiary/aromatic N) is 1. The van der Waals surface area contributed by atoms with Gasteiger partial charge in [0.15, 0.2) is 0 Å². The quantitative estimate of drug-likeness (QED) is 0.804. The molecule has 0 spiro atoms. The fourth-order valence-electron chi connectivity index (χ4n) is 1.64. The maximum atomic E-state index is 5.91. The van der Waals surface area contributed by atoms with Gasteiger partial charge in [-0.3, -0.25) is 4.90 Å². The lowest BCUT2D eigenvalue weighted by Crippen LogP contribution is -2.29. The molecule has 0 saturated heterocycles. The summed E-state index contributed by atoms with van der Waals surface area (Å²) in [5, 5.41) is 0.631. The van der Waals surface area contributed by atoms with E-state index in [2.05, 4.69) is 25.1 Å². The van der Waals surface area contributed by atoms with Gasteiger partial charge in [0.05, 0.1) is 10.7 Å². The Kier molecular flexibility index (Phi) is 6.17. The van der Waals surface area contributed by atoms with Gasteiger partial charge in [-0.2, -0.15) is 11.8 Å². The first-order valence-corrected chi connectivity index (χ1v) is 7.55. The Labute approximate surface area is 114 Å². The molecule has 0 radical (unpaired) electrons. The van der Waals surface area contributed by atoms with Gasteiger partial charge in [-0.15, -0.1) is 0 Å². The highest BCUT2D eigenvalue weighted by atomic mass is 35.5. The van der Waals surface area contributed by atoms with E-state index in [1.54, 1.807) is 0 Å². The molecule has 0 fully saturated rings. The standard InChI is InChI=1S/C13H21ClN2S/c1-10(6-7-17-3)16(2)9-11-4-5-12(14)13(15)8-11/h4-5,8,10H,6-7,9,15H2,1-3H3. The van der Waals surface area contributed by atoms with Crippen molar-refractivity contribution in [1.82, 2.24) is 4.90 Å². The Bertz CT molecular complexity index is 357. The van der Waals surface area contributed by atoms with E-state index < -0.39 is 0 Å². The first-order valence-electron chi connectivity index (χ1n) is 5.77. The van der Waals surface area contributed by atoms with Gasteiger partial charge >= 0.3 is 0 Å². The van der Waals surface area contributed by atoms with Crippen LogP contribution in [0.4, 0.5) is 5.69 Å². The number of hydrogen-bond donors (Lipinski definition) is 1. The zero-order valence-electron chi connectivity index (χ0n) is 10.7. The summed E-state index contributed by atoms with van der Waals surface area (Å²) in [5.41, 5.74) is 7.67. The van der Waals surface area contributed by atoms with Crippen LogP contribution < -0.4 is 5.73 Å². The molecule has 0 aliphatic rings. The monoisotopic (exact) mass is 272 g/mol. The number of thioether (sulfide) groups is 1. The minimum atomic E-state index is 0.583. The summed E-state index contributed by atoms with van der Waals surface area (Å²) in [6.07, 6.45) is 3.35. The van der Waals surface area contributed by atoms with Crippen LogP contribution in [-0.4, -0.2) is 30.0 Å². The normalized spacial score (nSPS) is 13.0. The number of rotatable bonds is 6. The molecule has 96 valence electrons. The largest absolute Gasteiger partial charge is 0.398 e. The molecule has 1 atom stereocenters. The molecular weight excluding hydrogens is 252 g/mol. The molecule has 4 heteroatoms. The summed E-state index contributed by atoms with van der Waals surface area (Å²) in [5.74, 6) is 1.20. The van der Waals surface area contributed by atoms with Crippen LogP contribution in [-0.2, 0) is 6.54 Å². The van der Waals surface area contributed by atoms with Crippen LogP contribution in [0.3, 0.4) is 0 Å². The Morgan fingerprint density at radius 2 is 2.18 bits per heavy atom. The zero-order chi connectivity index (χ0) is 12.8. The molecule has 1 rings (SSSR count). The number of anilines is 1. The Balaban J connectivity index is 2.55. The summed E-state index contributed by atoms with van der Waals surface area (Å²) in [6.45, 7) is 3.17. The fourth-order valence-corrected chi connectivity index (χ4v) is 2.34. The summed E-state index contributed by atoms with van der Waals surface area (Å²) in [4.78, 5) is 2.35. The minimum absolute atomic E-state index is 0.583. The van der Waals surface area contributed by atoms with Gasteiger partial charge in [-0.1, -0.05) is 17.7 Å². The van der Waals surface area contributed by atoms with Gasteiger partial charge < -0.3 is 5.73 Å². The van der Waals surface area contributed by atoms with Crippen molar-refractivity contribution < 1.29 is 0 Å². The predicted molar refractivity (Wildman–Crippen MR) is 79.8 cm³/mol. The van der Waals surface area contributed by atoms with Gasteiger partial charge in [0.25, 0.3) is 0 Å². The van der Waals surface area contributed by atoms with Crippen molar-refractivity contribution in [3.05, 3.63) is 28.8 Å². The van der Waals surface area contributed by atoms with Gasteiger partial charge in [0.1, 0.15) is 0 Å². The van der Waals surface area contributed by atoms with Crippen molar-refractivity contribution in [1.29, 1.82) is 0 Å². The molecular formula is C13H21ClN2S. The minimum Gasteiger partial charge on any atom is -0.398 e. The summed E-state index contributed by atoms with van der Waals surface area (Å²) in [6, 6.07) is 6.45. The lowest BCUT2D eigenvalue weighted by molar-refractivity contribution is 0.245. The molecule has 1 unspecified atom stereocenters. The van der Waals surface area contributed by atoms with Crippen molar-refractivity contribution in [2.24, 2.45) is 0 Å². The molecule has 1 aromatic rings. The summed E-state index contributed by atoms with van der Waals surface area (Å²) >= 11 is 7.80. The molecule has 2 nitrogen and oxygen atoms in total. The summed E-state index contributed by atoms with van der Waals surface area (Å²) < 4.78 is 0. The molecule has 0 aliphatic carbocycles. The second kappa shape index (κ2) is 7.14. The zero-order valence-corrected chi connectivity index (χ0v) is 12.3. The highest BCUT2D eigenvalue weighted by Crippen LogP contribution is 2.20. The van der Waals surface area contributed by atoms with Crippen molar-refractivity contribution in [3.63, 3.8) is 0 Å². The average Bonchev–Trinajstić information content (AvgIpc) is 2.30. The Morgan fingerprint density at radius 1 is 1.47 bits per heavy atom. The number of benzene rings is 1. The fraction of sp³-hybridized carbons (Fsp3) is 0.538. The van der Waals surface area contributed by atoms with Gasteiger partial charge in [0, 0.05) is 12.6 Å². The molecule has 0 heterocycles. The third-order valence-electron chi connectivity index (χ3n) is 2.98. The van der Waals surface area contributed by atoms with E-state index in [0.29, 0.717) is 16.8 Å². The van der Waals surface area contributed by atoms with Crippen LogP contribution >= 0.6 is 23.4 Å². The maximum Gasteiger partial charge on any atom is 0.0635 e. The lowest BCUT2D eigenvalue weighted by Gasteiger charge is -2.24. The third-order valence-corrected chi connectivity index (χ3v) is 3.97. The van der Waals surface area contributed by atoms with E-state index >= 15 is 0 Å². The summed E-state index contributed by atoms with van der Waals surface area (Å²) in [7, 11) is 2.15. The second-order valence-corrected chi connectivity index (χ2v) is 5.79. The van der Waals surface area contributed by atoms with Crippen molar-refractivity contribution in [3.8, 4) is 0 Å². The van der Waals surface area contributed by atoms with Crippen LogP contribution in [0.15, 0.2) is 18.2 Å².